The summed E-state index contributed by atoms with van der Waals surface area (Å²) in [5.41, 5.74) is 6.85. The maximum absolute atomic E-state index is 11.9. The fraction of sp³-hybridized carbons (Fsp3) is 0.182. The van der Waals surface area contributed by atoms with E-state index in [9.17, 15) is 9.59 Å². The van der Waals surface area contributed by atoms with Crippen molar-refractivity contribution in [2.75, 3.05) is 5.32 Å². The van der Waals surface area contributed by atoms with Crippen molar-refractivity contribution in [3.05, 3.63) is 33.6 Å². The third-order valence-corrected chi connectivity index (χ3v) is 3.81. The number of H-pyrrole nitrogens is 1. The molecule has 1 aliphatic heterocycles. The number of carbonyl (C=O) groups excluding carboxylic acids is 2. The van der Waals surface area contributed by atoms with E-state index in [1.165, 1.54) is 16.2 Å². The lowest BCUT2D eigenvalue weighted by Crippen LogP contribution is -2.31. The molecule has 3 heterocycles. The Morgan fingerprint density at radius 1 is 1.47 bits per heavy atom. The van der Waals surface area contributed by atoms with Crippen LogP contribution in [-0.2, 0) is 13.1 Å². The van der Waals surface area contributed by atoms with Gasteiger partial charge >= 0.3 is 6.03 Å². The van der Waals surface area contributed by atoms with E-state index >= 15 is 0 Å². The molecule has 98 valence electrons. The molecule has 0 unspecified atom stereocenters. The normalized spacial score (nSPS) is 13.4. The summed E-state index contributed by atoms with van der Waals surface area (Å²) in [4.78, 5) is 25.1. The largest absolute Gasteiger partial charge is 0.351 e. The molecule has 7 nitrogen and oxygen atoms in total. The lowest BCUT2D eigenvalue weighted by atomic mass is 10.3. The van der Waals surface area contributed by atoms with Crippen molar-refractivity contribution in [1.82, 2.24) is 15.1 Å². The van der Waals surface area contributed by atoms with E-state index in [2.05, 4.69) is 15.5 Å². The van der Waals surface area contributed by atoms with Crippen LogP contribution in [0.4, 0.5) is 10.6 Å². The molecule has 8 heteroatoms. The first kappa shape index (κ1) is 11.7. The number of carbonyl (C=O) groups is 2. The molecule has 4 N–H and O–H groups in total. The molecule has 2 aromatic heterocycles. The number of rotatable bonds is 2. The predicted molar refractivity (Wildman–Crippen MR) is 69.7 cm³/mol. The van der Waals surface area contributed by atoms with Crippen LogP contribution < -0.4 is 11.1 Å². The number of urea groups is 1. The number of fused-ring (bicyclic) bond motifs is 1. The van der Waals surface area contributed by atoms with Crippen LogP contribution in [0.3, 0.4) is 0 Å². The molecule has 3 rings (SSSR count). The number of primary amides is 1. The number of nitrogens with zero attached hydrogens (tertiary/aromatic N) is 2. The molecule has 1 aliphatic rings. The minimum absolute atomic E-state index is 0.207. The standard InChI is InChI=1S/C11H11N5O2S/c12-11(18)16-4-6-7(5-16)14-15-9(6)13-10(17)8-2-1-3-19-8/h1-3H,4-5H2,(H2,12,18)(H2,13,14,15,17). The average molecular weight is 277 g/mol. The van der Waals surface area contributed by atoms with E-state index in [4.69, 9.17) is 5.73 Å². The summed E-state index contributed by atoms with van der Waals surface area (Å²) in [6, 6.07) is 3.06. The highest BCUT2D eigenvalue weighted by Crippen LogP contribution is 2.27. The van der Waals surface area contributed by atoms with E-state index in [0.29, 0.717) is 23.8 Å². The number of amides is 3. The highest BCUT2D eigenvalue weighted by Gasteiger charge is 2.27. The zero-order valence-corrected chi connectivity index (χ0v) is 10.7. The molecule has 19 heavy (non-hydrogen) atoms. The number of anilines is 1. The molecule has 0 aliphatic carbocycles. The molecule has 0 fully saturated rings. The first-order valence-electron chi connectivity index (χ1n) is 5.60. The molecule has 0 radical (unpaired) electrons. The highest BCUT2D eigenvalue weighted by molar-refractivity contribution is 7.12. The minimum Gasteiger partial charge on any atom is -0.351 e. The van der Waals surface area contributed by atoms with Gasteiger partial charge in [-0.25, -0.2) is 4.79 Å². The van der Waals surface area contributed by atoms with Gasteiger partial charge in [0.25, 0.3) is 5.91 Å². The van der Waals surface area contributed by atoms with Gasteiger partial charge in [-0.15, -0.1) is 11.3 Å². The first-order chi connectivity index (χ1) is 9.15. The van der Waals surface area contributed by atoms with Gasteiger partial charge in [0.2, 0.25) is 0 Å². The van der Waals surface area contributed by atoms with Crippen LogP contribution in [-0.4, -0.2) is 27.0 Å². The zero-order chi connectivity index (χ0) is 13.4. The highest BCUT2D eigenvalue weighted by atomic mass is 32.1. The van der Waals surface area contributed by atoms with Crippen LogP contribution >= 0.6 is 11.3 Å². The van der Waals surface area contributed by atoms with Gasteiger partial charge in [-0.05, 0) is 11.4 Å². The average Bonchev–Trinajstić information content (AvgIpc) is 3.05. The van der Waals surface area contributed by atoms with Crippen molar-refractivity contribution in [3.8, 4) is 0 Å². The Balaban J connectivity index is 1.78. The third kappa shape index (κ3) is 2.06. The zero-order valence-electron chi connectivity index (χ0n) is 9.84. The van der Waals surface area contributed by atoms with Crippen LogP contribution in [0.25, 0.3) is 0 Å². The fourth-order valence-electron chi connectivity index (χ4n) is 1.98. The van der Waals surface area contributed by atoms with Crippen molar-refractivity contribution in [2.24, 2.45) is 5.73 Å². The Bertz CT molecular complexity index is 634. The second-order valence-corrected chi connectivity index (χ2v) is 5.10. The smallest absolute Gasteiger partial charge is 0.315 e. The summed E-state index contributed by atoms with van der Waals surface area (Å²) in [7, 11) is 0. The molecular weight excluding hydrogens is 266 g/mol. The van der Waals surface area contributed by atoms with Gasteiger partial charge in [-0.2, -0.15) is 5.10 Å². The van der Waals surface area contributed by atoms with Crippen molar-refractivity contribution < 1.29 is 9.59 Å². The van der Waals surface area contributed by atoms with Gasteiger partial charge in [0.15, 0.2) is 5.82 Å². The van der Waals surface area contributed by atoms with E-state index < -0.39 is 6.03 Å². The van der Waals surface area contributed by atoms with Gasteiger partial charge < -0.3 is 16.0 Å². The Kier molecular flexibility index (Phi) is 2.71. The van der Waals surface area contributed by atoms with Gasteiger partial charge in [0, 0.05) is 5.56 Å². The van der Waals surface area contributed by atoms with Crippen LogP contribution in [0.1, 0.15) is 20.9 Å². The fourth-order valence-corrected chi connectivity index (χ4v) is 2.60. The molecule has 0 saturated carbocycles. The van der Waals surface area contributed by atoms with Gasteiger partial charge in [-0.1, -0.05) is 6.07 Å². The maximum atomic E-state index is 11.9. The lowest BCUT2D eigenvalue weighted by Gasteiger charge is -2.11. The van der Waals surface area contributed by atoms with Crippen LogP contribution in [0.5, 0.6) is 0 Å². The first-order valence-corrected chi connectivity index (χ1v) is 6.48. The summed E-state index contributed by atoms with van der Waals surface area (Å²) in [5, 5.41) is 11.4. The lowest BCUT2D eigenvalue weighted by molar-refractivity contribution is 0.103. The number of hydrogen-bond donors (Lipinski definition) is 3. The van der Waals surface area contributed by atoms with Crippen molar-refractivity contribution in [2.45, 2.75) is 13.1 Å². The number of aromatic amines is 1. The van der Waals surface area contributed by atoms with Crippen LogP contribution in [0, 0.1) is 0 Å². The Hall–Kier alpha value is -2.35. The Morgan fingerprint density at radius 2 is 2.32 bits per heavy atom. The summed E-state index contributed by atoms with van der Waals surface area (Å²) in [6.07, 6.45) is 0. The van der Waals surface area contributed by atoms with Crippen molar-refractivity contribution >= 4 is 29.1 Å². The maximum Gasteiger partial charge on any atom is 0.315 e. The number of thiophene rings is 1. The molecule has 3 amide bonds. The molecule has 0 atom stereocenters. The summed E-state index contributed by atoms with van der Waals surface area (Å²) in [6.45, 7) is 0.758. The second-order valence-electron chi connectivity index (χ2n) is 4.16. The van der Waals surface area contributed by atoms with Gasteiger partial charge in [0.05, 0.1) is 23.7 Å². The minimum atomic E-state index is -0.486. The van der Waals surface area contributed by atoms with Crippen molar-refractivity contribution in [1.29, 1.82) is 0 Å². The molecular formula is C11H11N5O2S. The summed E-state index contributed by atoms with van der Waals surface area (Å²) >= 11 is 1.36. The SMILES string of the molecule is NC(=O)N1Cc2[nH]nc(NC(=O)c3cccs3)c2C1. The predicted octanol–water partition coefficient (Wildman–Crippen LogP) is 1.12. The second kappa shape index (κ2) is 4.39. The monoisotopic (exact) mass is 277 g/mol. The van der Waals surface area contributed by atoms with E-state index in [0.717, 1.165) is 11.3 Å². The van der Waals surface area contributed by atoms with E-state index in [1.807, 2.05) is 11.4 Å². The van der Waals surface area contributed by atoms with E-state index in [1.54, 1.807) is 6.07 Å². The number of nitrogens with two attached hydrogens (primary N) is 1. The van der Waals surface area contributed by atoms with Crippen LogP contribution in [0.15, 0.2) is 17.5 Å². The molecule has 0 bridgehead atoms. The number of nitrogens with one attached hydrogen (secondary N) is 2. The quantitative estimate of drug-likeness (QED) is 0.766. The Morgan fingerprint density at radius 3 is 3.00 bits per heavy atom. The topological polar surface area (TPSA) is 104 Å². The van der Waals surface area contributed by atoms with Crippen LogP contribution in [0.2, 0.25) is 0 Å². The summed E-state index contributed by atoms with van der Waals surface area (Å²) < 4.78 is 0. The molecule has 0 spiro atoms. The third-order valence-electron chi connectivity index (χ3n) is 2.94. The Labute approximate surface area is 112 Å². The molecule has 2 aromatic rings. The summed E-state index contributed by atoms with van der Waals surface area (Å²) in [5.74, 6) is 0.249. The van der Waals surface area contributed by atoms with Crippen molar-refractivity contribution in [3.63, 3.8) is 0 Å². The number of aromatic nitrogens is 2. The number of hydrogen-bond acceptors (Lipinski definition) is 4. The van der Waals surface area contributed by atoms with Gasteiger partial charge in [0.1, 0.15) is 0 Å². The van der Waals surface area contributed by atoms with E-state index in [-0.39, 0.29) is 5.91 Å². The molecule has 0 aromatic carbocycles. The molecule has 0 saturated heterocycles. The van der Waals surface area contributed by atoms with Gasteiger partial charge in [-0.3, -0.25) is 9.89 Å².